The average Bonchev–Trinajstić information content (AvgIpc) is 1.98. The van der Waals surface area contributed by atoms with Crippen LogP contribution in [0.5, 0.6) is 0 Å². The molecule has 0 aliphatic carbocycles. The van der Waals surface area contributed by atoms with Crippen LogP contribution in [0.3, 0.4) is 0 Å². The summed E-state index contributed by atoms with van der Waals surface area (Å²) in [6.07, 6.45) is 0. The van der Waals surface area contributed by atoms with Crippen LogP contribution in [0.2, 0.25) is 0 Å². The van der Waals surface area contributed by atoms with Gasteiger partial charge in [0.25, 0.3) is 0 Å². The van der Waals surface area contributed by atoms with Crippen molar-refractivity contribution in [2.24, 2.45) is 0 Å². The largest absolute Gasteiger partial charge is 1.00 e. The molecule has 5 heteroatoms. The van der Waals surface area contributed by atoms with Gasteiger partial charge in [-0.05, 0) is 0 Å². The maximum absolute atomic E-state index is 2.47. The number of allylic oxidation sites excluding steroid dienone is 2. The van der Waals surface area contributed by atoms with Crippen molar-refractivity contribution in [3.8, 4) is 0 Å². The molecule has 62 valence electrons. The van der Waals surface area contributed by atoms with Gasteiger partial charge in [-0.15, -0.1) is 0 Å². The Morgan fingerprint density at radius 3 is 1.73 bits per heavy atom. The summed E-state index contributed by atoms with van der Waals surface area (Å²) in [5.41, 5.74) is 3.16. The van der Waals surface area contributed by atoms with Crippen LogP contribution in [-0.4, -0.2) is 21.6 Å². The molecular formula is C6H8Cl3SbZr. The van der Waals surface area contributed by atoms with Gasteiger partial charge >= 0.3 is 76.6 Å². The Bertz CT molecular complexity index is 171. The summed E-state index contributed by atoms with van der Waals surface area (Å²) in [6, 6.07) is 0. The smallest absolute Gasteiger partial charge is 1.00 e. The van der Waals surface area contributed by atoms with Crippen molar-refractivity contribution in [1.29, 1.82) is 0 Å². The van der Waals surface area contributed by atoms with Crippen LogP contribution in [-0.2, 0) is 24.7 Å². The Kier molecular flexibility index (Phi) is 14.7. The second-order valence-corrected chi connectivity index (χ2v) is 9.78. The van der Waals surface area contributed by atoms with E-state index in [1.165, 1.54) is 0 Å². The predicted octanol–water partition coefficient (Wildman–Crippen LogP) is -7.87. The molecular weight excluding hydrogens is 391 g/mol. The van der Waals surface area contributed by atoms with Crippen LogP contribution in [0.1, 0.15) is 13.8 Å². The first-order chi connectivity index (χ1) is 3.72. The van der Waals surface area contributed by atoms with Gasteiger partial charge < -0.3 is 37.2 Å². The zero-order valence-electron chi connectivity index (χ0n) is 6.21. The minimum absolute atomic E-state index is 0. The van der Waals surface area contributed by atoms with Crippen molar-refractivity contribution in [2.45, 2.75) is 13.8 Å². The van der Waals surface area contributed by atoms with Crippen LogP contribution in [0, 0.1) is 0 Å². The van der Waals surface area contributed by atoms with E-state index in [4.69, 9.17) is 0 Å². The predicted molar refractivity (Wildman–Crippen MR) is 33.6 cm³/mol. The molecule has 0 radical (unpaired) electrons. The zero-order chi connectivity index (χ0) is 6.15. The fourth-order valence-corrected chi connectivity index (χ4v) is 5.10. The van der Waals surface area contributed by atoms with E-state index in [0.29, 0.717) is 0 Å². The quantitative estimate of drug-likeness (QED) is 0.355. The number of rotatable bonds is 0. The topological polar surface area (TPSA) is 0 Å². The van der Waals surface area contributed by atoms with Crippen molar-refractivity contribution >= 4 is 21.6 Å². The molecule has 0 nitrogen and oxygen atoms in total. The summed E-state index contributed by atoms with van der Waals surface area (Å²) in [4.78, 5) is 0. The second-order valence-electron chi connectivity index (χ2n) is 1.97. The molecule has 11 heavy (non-hydrogen) atoms. The zero-order valence-corrected chi connectivity index (χ0v) is 13.8. The van der Waals surface area contributed by atoms with Crippen molar-refractivity contribution < 1.29 is 61.9 Å². The first-order valence-electron chi connectivity index (χ1n) is 2.58. The Balaban J connectivity index is -0.000000213. The molecule has 0 fully saturated rings. The SMILES string of the molecule is CC1=[CH][SbH][C]([Zr+3])=C1C.[Cl-].[Cl-].[Cl-]. The van der Waals surface area contributed by atoms with E-state index in [0.717, 1.165) is 0 Å². The maximum Gasteiger partial charge on any atom is -1.00 e. The molecule has 0 aromatic heterocycles. The molecule has 0 aromatic carbocycles. The van der Waals surface area contributed by atoms with E-state index in [-0.39, 0.29) is 58.8 Å². The van der Waals surface area contributed by atoms with Gasteiger partial charge in [-0.25, -0.2) is 0 Å². The Morgan fingerprint density at radius 1 is 1.18 bits per heavy atom. The van der Waals surface area contributed by atoms with Gasteiger partial charge in [0.1, 0.15) is 0 Å². The molecule has 0 aromatic rings. The molecule has 0 bridgehead atoms. The first-order valence-corrected chi connectivity index (χ1v) is 6.88. The van der Waals surface area contributed by atoms with E-state index in [9.17, 15) is 0 Å². The molecule has 0 saturated heterocycles. The van der Waals surface area contributed by atoms with Crippen molar-refractivity contribution in [3.63, 3.8) is 0 Å². The summed E-state index contributed by atoms with van der Waals surface area (Å²) < 4.78 is 4.27. The minimum Gasteiger partial charge on any atom is -1.00 e. The van der Waals surface area contributed by atoms with Gasteiger partial charge in [0.15, 0.2) is 0 Å². The molecule has 1 aliphatic rings. The van der Waals surface area contributed by atoms with Gasteiger partial charge in [-0.2, -0.15) is 0 Å². The summed E-state index contributed by atoms with van der Waals surface area (Å²) in [7, 11) is 0. The normalized spacial score (nSPS) is 14.4. The third-order valence-electron chi connectivity index (χ3n) is 1.40. The number of hydrogen-bond acceptors (Lipinski definition) is 0. The van der Waals surface area contributed by atoms with Crippen LogP contribution in [0.4, 0.5) is 0 Å². The molecule has 1 rings (SSSR count). The van der Waals surface area contributed by atoms with Gasteiger partial charge in [-0.3, -0.25) is 0 Å². The van der Waals surface area contributed by atoms with Crippen LogP contribution < -0.4 is 37.2 Å². The van der Waals surface area contributed by atoms with E-state index in [2.05, 4.69) is 17.9 Å². The van der Waals surface area contributed by atoms with Crippen LogP contribution in [0.25, 0.3) is 0 Å². The van der Waals surface area contributed by atoms with E-state index < -0.39 is 0 Å². The summed E-state index contributed by atoms with van der Waals surface area (Å²) in [6.45, 7) is 4.48. The van der Waals surface area contributed by atoms with Gasteiger partial charge in [0, 0.05) is 0 Å². The summed E-state index contributed by atoms with van der Waals surface area (Å²) >= 11 is 1.55. The molecule has 0 amide bonds. The van der Waals surface area contributed by atoms with Gasteiger partial charge in [0.2, 0.25) is 0 Å². The average molecular weight is 399 g/mol. The summed E-state index contributed by atoms with van der Waals surface area (Å²) in [5.74, 6) is 0. The molecule has 0 N–H and O–H groups in total. The Labute approximate surface area is 112 Å². The van der Waals surface area contributed by atoms with Crippen molar-refractivity contribution in [1.82, 2.24) is 0 Å². The van der Waals surface area contributed by atoms with Crippen molar-refractivity contribution in [2.75, 3.05) is 0 Å². The van der Waals surface area contributed by atoms with E-state index in [1.54, 1.807) is 37.1 Å². The third-order valence-corrected chi connectivity index (χ3v) is 8.24. The van der Waals surface area contributed by atoms with E-state index in [1.807, 2.05) is 0 Å². The fraction of sp³-hybridized carbons (Fsp3) is 0.333. The number of hydrogen-bond donors (Lipinski definition) is 0. The van der Waals surface area contributed by atoms with E-state index >= 15 is 0 Å². The first kappa shape index (κ1) is 18.8. The third kappa shape index (κ3) is 5.37. The monoisotopic (exact) mass is 396 g/mol. The molecule has 1 heterocycles. The molecule has 1 aliphatic heterocycles. The molecule has 0 unspecified atom stereocenters. The molecule has 0 saturated carbocycles. The molecule has 0 atom stereocenters. The number of halogens is 3. The fourth-order valence-electron chi connectivity index (χ4n) is 0.594. The Hall–Kier alpha value is 2.05. The summed E-state index contributed by atoms with van der Waals surface area (Å²) in [5, 5.41) is 0. The van der Waals surface area contributed by atoms with Crippen LogP contribution in [0.15, 0.2) is 16.4 Å². The maximum atomic E-state index is 2.47. The second kappa shape index (κ2) is 8.64. The van der Waals surface area contributed by atoms with Gasteiger partial charge in [-0.1, -0.05) is 0 Å². The van der Waals surface area contributed by atoms with Crippen molar-refractivity contribution in [3.05, 3.63) is 16.4 Å². The minimum atomic E-state index is -0.113. The van der Waals surface area contributed by atoms with Crippen LogP contribution >= 0.6 is 0 Å². The Morgan fingerprint density at radius 2 is 1.64 bits per heavy atom. The standard InChI is InChI=1S/C6H7.3ClH.Sb.Zr.H/c1-5(2)6(3)4;;;;;;/h1H,2-3H3;3*1H;;;/q;;;;;+3;/p-3. The van der Waals surface area contributed by atoms with Gasteiger partial charge in [0.05, 0.1) is 0 Å². The molecule has 0 spiro atoms.